The Hall–Kier alpha value is -1.22. The summed E-state index contributed by atoms with van der Waals surface area (Å²) in [5.41, 5.74) is 1.22. The Morgan fingerprint density at radius 1 is 1.15 bits per heavy atom. The van der Waals surface area contributed by atoms with Crippen molar-refractivity contribution in [2.75, 3.05) is 13.7 Å². The van der Waals surface area contributed by atoms with Gasteiger partial charge in [0.1, 0.15) is 0 Å². The maximum absolute atomic E-state index is 6.18. The second-order valence-electron chi connectivity index (χ2n) is 5.74. The van der Waals surface area contributed by atoms with Crippen molar-refractivity contribution in [3.63, 3.8) is 0 Å². The molecule has 20 heavy (non-hydrogen) atoms. The number of hydrogen-bond acceptors (Lipinski definition) is 3. The summed E-state index contributed by atoms with van der Waals surface area (Å²) in [5.74, 6) is 2.62. The fourth-order valence-electron chi connectivity index (χ4n) is 2.76. The third-order valence-electron chi connectivity index (χ3n) is 3.95. The van der Waals surface area contributed by atoms with E-state index in [0.29, 0.717) is 12.7 Å². The molecule has 0 spiro atoms. The molecule has 0 atom stereocenters. The summed E-state index contributed by atoms with van der Waals surface area (Å²) in [5, 5.41) is 3.16. The van der Waals surface area contributed by atoms with Crippen LogP contribution in [-0.4, -0.2) is 19.8 Å². The molecule has 0 bridgehead atoms. The van der Waals surface area contributed by atoms with Crippen molar-refractivity contribution in [3.8, 4) is 11.5 Å². The second kappa shape index (κ2) is 7.53. The first-order chi connectivity index (χ1) is 9.72. The van der Waals surface area contributed by atoms with Gasteiger partial charge in [0.05, 0.1) is 12.7 Å². The van der Waals surface area contributed by atoms with E-state index < -0.39 is 0 Å². The summed E-state index contributed by atoms with van der Waals surface area (Å²) in [6.45, 7) is 5.85. The van der Waals surface area contributed by atoms with Gasteiger partial charge >= 0.3 is 0 Å². The topological polar surface area (TPSA) is 30.5 Å². The van der Waals surface area contributed by atoms with E-state index in [1.807, 2.05) is 14.0 Å². The van der Waals surface area contributed by atoms with E-state index in [1.165, 1.54) is 18.4 Å². The molecule has 0 heterocycles. The fraction of sp³-hybridized carbons (Fsp3) is 0.647. The molecule has 0 aliphatic heterocycles. The zero-order valence-corrected chi connectivity index (χ0v) is 12.9. The van der Waals surface area contributed by atoms with Gasteiger partial charge in [-0.2, -0.15) is 0 Å². The van der Waals surface area contributed by atoms with Crippen molar-refractivity contribution >= 4 is 0 Å². The number of nitrogens with one attached hydrogen (secondary N) is 1. The minimum absolute atomic E-state index is 0.348. The predicted octanol–water partition coefficient (Wildman–Crippen LogP) is 3.76. The van der Waals surface area contributed by atoms with Crippen LogP contribution in [0, 0.1) is 5.92 Å². The number of benzene rings is 1. The molecule has 3 nitrogen and oxygen atoms in total. The fourth-order valence-corrected chi connectivity index (χ4v) is 2.76. The molecule has 1 N–H and O–H groups in total. The zero-order valence-electron chi connectivity index (χ0n) is 12.9. The van der Waals surface area contributed by atoms with Crippen LogP contribution in [0.2, 0.25) is 0 Å². The molecule has 1 saturated carbocycles. The molecule has 1 aromatic carbocycles. The molecule has 112 valence electrons. The molecule has 1 aromatic rings. The smallest absolute Gasteiger partial charge is 0.161 e. The molecule has 1 aliphatic carbocycles. The molecular weight excluding hydrogens is 250 g/mol. The maximum atomic E-state index is 6.18. The summed E-state index contributed by atoms with van der Waals surface area (Å²) >= 11 is 0. The highest BCUT2D eigenvalue weighted by Crippen LogP contribution is 2.33. The number of rotatable bonds is 6. The van der Waals surface area contributed by atoms with Crippen molar-refractivity contribution in [2.24, 2.45) is 5.92 Å². The Morgan fingerprint density at radius 3 is 2.55 bits per heavy atom. The first-order valence-corrected chi connectivity index (χ1v) is 7.80. The largest absolute Gasteiger partial charge is 0.490 e. The lowest BCUT2D eigenvalue weighted by Gasteiger charge is -2.27. The average Bonchev–Trinajstić information content (AvgIpc) is 2.45. The van der Waals surface area contributed by atoms with Crippen molar-refractivity contribution in [1.29, 1.82) is 0 Å². The van der Waals surface area contributed by atoms with Crippen LogP contribution in [0.3, 0.4) is 0 Å². The van der Waals surface area contributed by atoms with E-state index in [4.69, 9.17) is 9.47 Å². The summed E-state index contributed by atoms with van der Waals surface area (Å²) in [4.78, 5) is 0. The molecular formula is C17H27NO2. The summed E-state index contributed by atoms with van der Waals surface area (Å²) in [6, 6.07) is 6.25. The lowest BCUT2D eigenvalue weighted by atomic mass is 9.89. The van der Waals surface area contributed by atoms with Gasteiger partial charge in [0.2, 0.25) is 0 Å². The zero-order chi connectivity index (χ0) is 14.4. The van der Waals surface area contributed by atoms with Crippen LogP contribution in [0.4, 0.5) is 0 Å². The van der Waals surface area contributed by atoms with E-state index in [2.05, 4.69) is 30.4 Å². The summed E-state index contributed by atoms with van der Waals surface area (Å²) in [6.07, 6.45) is 5.20. The lowest BCUT2D eigenvalue weighted by molar-refractivity contribution is 0.130. The molecule has 1 fully saturated rings. The highest BCUT2D eigenvalue weighted by Gasteiger charge is 2.20. The van der Waals surface area contributed by atoms with Gasteiger partial charge in [0.15, 0.2) is 11.5 Å². The van der Waals surface area contributed by atoms with Gasteiger partial charge in [-0.25, -0.2) is 0 Å². The predicted molar refractivity (Wildman–Crippen MR) is 82.4 cm³/mol. The Kier molecular flexibility index (Phi) is 5.72. The van der Waals surface area contributed by atoms with E-state index in [0.717, 1.165) is 36.8 Å². The highest BCUT2D eigenvalue weighted by atomic mass is 16.5. The van der Waals surface area contributed by atoms with Crippen LogP contribution in [0.5, 0.6) is 11.5 Å². The normalized spacial score (nSPS) is 22.6. The molecule has 0 aromatic heterocycles. The molecule has 0 unspecified atom stereocenters. The monoisotopic (exact) mass is 277 g/mol. The molecule has 0 amide bonds. The third-order valence-corrected chi connectivity index (χ3v) is 3.95. The van der Waals surface area contributed by atoms with Crippen LogP contribution < -0.4 is 14.8 Å². The van der Waals surface area contributed by atoms with E-state index >= 15 is 0 Å². The highest BCUT2D eigenvalue weighted by molar-refractivity contribution is 5.43. The van der Waals surface area contributed by atoms with Gasteiger partial charge in [-0.05, 0) is 63.3 Å². The van der Waals surface area contributed by atoms with Gasteiger partial charge in [-0.1, -0.05) is 13.0 Å². The van der Waals surface area contributed by atoms with Crippen LogP contribution in [0.1, 0.15) is 45.1 Å². The SMILES string of the molecule is CCOc1cc(CNC)ccc1OC1CCC(C)CC1. The van der Waals surface area contributed by atoms with Gasteiger partial charge in [-0.15, -0.1) is 0 Å². The summed E-state index contributed by atoms with van der Waals surface area (Å²) < 4.78 is 11.9. The van der Waals surface area contributed by atoms with Crippen molar-refractivity contribution < 1.29 is 9.47 Å². The second-order valence-corrected chi connectivity index (χ2v) is 5.74. The first-order valence-electron chi connectivity index (χ1n) is 7.80. The quantitative estimate of drug-likeness (QED) is 0.858. The summed E-state index contributed by atoms with van der Waals surface area (Å²) in [7, 11) is 1.95. The molecule has 2 rings (SSSR count). The minimum Gasteiger partial charge on any atom is -0.490 e. The van der Waals surface area contributed by atoms with Crippen LogP contribution >= 0.6 is 0 Å². The van der Waals surface area contributed by atoms with E-state index in [-0.39, 0.29) is 0 Å². The van der Waals surface area contributed by atoms with Crippen LogP contribution in [0.15, 0.2) is 18.2 Å². The van der Waals surface area contributed by atoms with E-state index in [9.17, 15) is 0 Å². The first kappa shape index (κ1) is 15.2. The molecule has 3 heteroatoms. The van der Waals surface area contributed by atoms with Gasteiger partial charge in [0, 0.05) is 6.54 Å². The minimum atomic E-state index is 0.348. The lowest BCUT2D eigenvalue weighted by Crippen LogP contribution is -2.23. The van der Waals surface area contributed by atoms with Crippen LogP contribution in [0.25, 0.3) is 0 Å². The van der Waals surface area contributed by atoms with Crippen molar-refractivity contribution in [1.82, 2.24) is 5.32 Å². The Bertz CT molecular complexity index is 411. The number of ether oxygens (including phenoxy) is 2. The van der Waals surface area contributed by atoms with Crippen LogP contribution in [-0.2, 0) is 6.54 Å². The Balaban J connectivity index is 2.05. The maximum Gasteiger partial charge on any atom is 0.161 e. The standard InChI is InChI=1S/C17H27NO2/c1-4-19-17-11-14(12-18-3)7-10-16(17)20-15-8-5-13(2)6-9-15/h7,10-11,13,15,18H,4-6,8-9,12H2,1-3H3. The average molecular weight is 277 g/mol. The van der Waals surface area contributed by atoms with Crippen molar-refractivity contribution in [2.45, 2.75) is 52.2 Å². The van der Waals surface area contributed by atoms with E-state index in [1.54, 1.807) is 0 Å². The Morgan fingerprint density at radius 2 is 1.90 bits per heavy atom. The van der Waals surface area contributed by atoms with Gasteiger partial charge in [0.25, 0.3) is 0 Å². The Labute approximate surface area is 122 Å². The van der Waals surface area contributed by atoms with Crippen molar-refractivity contribution in [3.05, 3.63) is 23.8 Å². The number of hydrogen-bond donors (Lipinski definition) is 1. The van der Waals surface area contributed by atoms with Gasteiger partial charge < -0.3 is 14.8 Å². The molecule has 1 aliphatic rings. The molecule has 0 saturated heterocycles. The third kappa shape index (κ3) is 4.14. The molecule has 0 radical (unpaired) electrons. The van der Waals surface area contributed by atoms with Gasteiger partial charge in [-0.3, -0.25) is 0 Å².